The summed E-state index contributed by atoms with van der Waals surface area (Å²) in [6.45, 7) is 3.67. The van der Waals surface area contributed by atoms with Crippen molar-refractivity contribution in [2.24, 2.45) is 5.73 Å². The third-order valence-corrected chi connectivity index (χ3v) is 4.23. The van der Waals surface area contributed by atoms with E-state index in [1.54, 1.807) is 0 Å². The van der Waals surface area contributed by atoms with E-state index in [2.05, 4.69) is 11.3 Å². The van der Waals surface area contributed by atoms with Crippen molar-refractivity contribution in [3.8, 4) is 5.75 Å². The summed E-state index contributed by atoms with van der Waals surface area (Å²) >= 11 is 11.8. The molecule has 1 aromatic rings. The number of primary amides is 1. The van der Waals surface area contributed by atoms with Gasteiger partial charge in [-0.1, -0.05) is 29.8 Å². The summed E-state index contributed by atoms with van der Waals surface area (Å²) in [5, 5.41) is -0.570. The molecule has 0 radical (unpaired) electrons. The lowest BCUT2D eigenvalue weighted by Crippen LogP contribution is -2.50. The number of urea groups is 1. The summed E-state index contributed by atoms with van der Waals surface area (Å²) in [5.41, 5.74) is 4.73. The van der Waals surface area contributed by atoms with Gasteiger partial charge in [-0.15, -0.1) is 0 Å². The van der Waals surface area contributed by atoms with Gasteiger partial charge >= 0.3 is 18.6 Å². The summed E-state index contributed by atoms with van der Waals surface area (Å²) in [7, 11) is 0. The van der Waals surface area contributed by atoms with E-state index < -0.39 is 35.2 Å². The van der Waals surface area contributed by atoms with Gasteiger partial charge in [0.1, 0.15) is 11.4 Å². The van der Waals surface area contributed by atoms with Gasteiger partial charge < -0.3 is 10.5 Å². The predicted octanol–water partition coefficient (Wildman–Crippen LogP) is 3.86. The number of nitrogens with zero attached hydrogens (tertiary/aromatic N) is 2. The minimum absolute atomic E-state index is 0.105. The van der Waals surface area contributed by atoms with E-state index in [1.165, 1.54) is 0 Å². The number of carbonyl (C=O) groups is 2. The number of hydrogen-bond donors (Lipinski definition) is 1. The van der Waals surface area contributed by atoms with Gasteiger partial charge in [0.05, 0.1) is 15.7 Å². The van der Waals surface area contributed by atoms with Crippen molar-refractivity contribution in [3.63, 3.8) is 0 Å². The van der Waals surface area contributed by atoms with Crippen molar-refractivity contribution in [2.75, 3.05) is 18.0 Å². The van der Waals surface area contributed by atoms with Crippen LogP contribution in [-0.2, 0) is 4.79 Å². The Morgan fingerprint density at radius 2 is 1.89 bits per heavy atom. The van der Waals surface area contributed by atoms with E-state index in [0.717, 1.165) is 21.9 Å². The summed E-state index contributed by atoms with van der Waals surface area (Å²) < 4.78 is 55.2. The van der Waals surface area contributed by atoms with Crippen molar-refractivity contribution >= 4 is 40.8 Å². The number of alkyl halides is 4. The van der Waals surface area contributed by atoms with E-state index in [-0.39, 0.29) is 29.5 Å². The van der Waals surface area contributed by atoms with Crippen LogP contribution in [0, 0.1) is 0 Å². The number of rotatable bonds is 6. The summed E-state index contributed by atoms with van der Waals surface area (Å²) in [6, 6.07) is 1.07. The zero-order valence-corrected chi connectivity index (χ0v) is 15.0. The lowest BCUT2D eigenvalue weighted by molar-refractivity contribution is -0.253. The molecule has 0 saturated carbocycles. The third kappa shape index (κ3) is 4.38. The molecule has 0 bridgehead atoms. The predicted molar refractivity (Wildman–Crippen MR) is 90.4 cm³/mol. The van der Waals surface area contributed by atoms with Crippen LogP contribution >= 0.6 is 23.2 Å². The normalized spacial score (nSPS) is 15.3. The standard InChI is InChI=1S/C15H13Cl2F4N3O3/c1-7(12(22)25)23-3-2-4-24(14(23)26)10-6-11(9(17)5-8(10)16)27-15(20,21)13(18)19/h5-6,13H,1-4H2,(H2,22,25). The number of amides is 3. The fourth-order valence-electron chi connectivity index (χ4n) is 2.33. The van der Waals surface area contributed by atoms with E-state index in [4.69, 9.17) is 28.9 Å². The van der Waals surface area contributed by atoms with Gasteiger partial charge in [-0.3, -0.25) is 14.6 Å². The molecule has 0 spiro atoms. The first kappa shape index (κ1) is 21.1. The minimum Gasteiger partial charge on any atom is -0.427 e. The van der Waals surface area contributed by atoms with Gasteiger partial charge in [-0.25, -0.2) is 4.79 Å². The zero-order chi connectivity index (χ0) is 20.5. The van der Waals surface area contributed by atoms with Gasteiger partial charge in [-0.2, -0.15) is 17.6 Å². The van der Waals surface area contributed by atoms with Crippen LogP contribution in [0.25, 0.3) is 0 Å². The van der Waals surface area contributed by atoms with Crippen LogP contribution in [0.15, 0.2) is 24.4 Å². The maximum atomic E-state index is 13.2. The van der Waals surface area contributed by atoms with Crippen molar-refractivity contribution in [1.29, 1.82) is 0 Å². The Bertz CT molecular complexity index is 792. The Labute approximate surface area is 161 Å². The Balaban J connectivity index is 2.40. The summed E-state index contributed by atoms with van der Waals surface area (Å²) in [4.78, 5) is 25.9. The fraction of sp³-hybridized carbons (Fsp3) is 0.333. The first-order chi connectivity index (χ1) is 12.5. The molecular formula is C15H13Cl2F4N3O3. The van der Waals surface area contributed by atoms with Crippen LogP contribution in [0.5, 0.6) is 5.75 Å². The van der Waals surface area contributed by atoms with Crippen molar-refractivity contribution in [2.45, 2.75) is 19.0 Å². The average Bonchev–Trinajstić information content (AvgIpc) is 2.57. The number of hydrogen-bond acceptors (Lipinski definition) is 3. The number of nitrogens with two attached hydrogens (primary N) is 1. The van der Waals surface area contributed by atoms with Crippen molar-refractivity contribution < 1.29 is 31.9 Å². The molecule has 27 heavy (non-hydrogen) atoms. The van der Waals surface area contributed by atoms with Crippen LogP contribution < -0.4 is 15.4 Å². The molecule has 3 amide bonds. The molecular weight excluding hydrogens is 417 g/mol. The maximum Gasteiger partial charge on any atom is 0.461 e. The molecule has 0 aromatic heterocycles. The maximum absolute atomic E-state index is 13.2. The lowest BCUT2D eigenvalue weighted by Gasteiger charge is -2.36. The number of ether oxygens (including phenoxy) is 1. The first-order valence-electron chi connectivity index (χ1n) is 7.37. The fourth-order valence-corrected chi connectivity index (χ4v) is 2.85. The largest absolute Gasteiger partial charge is 0.461 e. The van der Waals surface area contributed by atoms with Crippen LogP contribution in [0.4, 0.5) is 28.0 Å². The molecule has 1 fully saturated rings. The second kappa shape index (κ2) is 7.81. The molecule has 148 valence electrons. The van der Waals surface area contributed by atoms with Gasteiger partial charge in [-0.05, 0) is 12.5 Å². The number of carbonyl (C=O) groups excluding carboxylic acids is 2. The average molecular weight is 430 g/mol. The highest BCUT2D eigenvalue weighted by Crippen LogP contribution is 2.40. The van der Waals surface area contributed by atoms with Gasteiger partial charge in [0.2, 0.25) is 0 Å². The van der Waals surface area contributed by atoms with Crippen LogP contribution in [0.3, 0.4) is 0 Å². The smallest absolute Gasteiger partial charge is 0.427 e. The molecule has 0 aliphatic carbocycles. The molecule has 0 atom stereocenters. The molecule has 1 aliphatic heterocycles. The van der Waals surface area contributed by atoms with Crippen molar-refractivity contribution in [1.82, 2.24) is 4.90 Å². The third-order valence-electron chi connectivity index (χ3n) is 3.63. The summed E-state index contributed by atoms with van der Waals surface area (Å²) in [5.74, 6) is -1.71. The zero-order valence-electron chi connectivity index (χ0n) is 13.5. The quantitative estimate of drug-likeness (QED) is 0.550. The molecule has 12 heteroatoms. The second-order valence-electron chi connectivity index (χ2n) is 5.45. The lowest BCUT2D eigenvalue weighted by atomic mass is 10.2. The minimum atomic E-state index is -4.80. The van der Waals surface area contributed by atoms with Gasteiger partial charge in [0, 0.05) is 19.2 Å². The van der Waals surface area contributed by atoms with Crippen LogP contribution in [0.2, 0.25) is 10.0 Å². The highest BCUT2D eigenvalue weighted by molar-refractivity contribution is 6.37. The Morgan fingerprint density at radius 1 is 1.26 bits per heavy atom. The molecule has 1 saturated heterocycles. The molecule has 1 heterocycles. The Hall–Kier alpha value is -2.20. The van der Waals surface area contributed by atoms with Gasteiger partial charge in [0.15, 0.2) is 0 Å². The highest BCUT2D eigenvalue weighted by atomic mass is 35.5. The molecule has 1 aliphatic rings. The number of benzene rings is 1. The number of anilines is 1. The van der Waals surface area contributed by atoms with E-state index >= 15 is 0 Å². The highest BCUT2D eigenvalue weighted by Gasteiger charge is 2.44. The monoisotopic (exact) mass is 429 g/mol. The van der Waals surface area contributed by atoms with E-state index in [0.29, 0.717) is 6.42 Å². The first-order valence-corrected chi connectivity index (χ1v) is 8.13. The van der Waals surface area contributed by atoms with E-state index in [1.807, 2.05) is 0 Å². The molecule has 0 unspecified atom stereocenters. The summed E-state index contributed by atoms with van der Waals surface area (Å²) in [6.07, 6.45) is -8.54. The van der Waals surface area contributed by atoms with Gasteiger partial charge in [0.25, 0.3) is 5.91 Å². The molecule has 1 aromatic carbocycles. The van der Waals surface area contributed by atoms with Crippen LogP contribution in [0.1, 0.15) is 6.42 Å². The second-order valence-corrected chi connectivity index (χ2v) is 6.26. The SMILES string of the molecule is C=C(C(N)=O)N1CCCN(c2cc(OC(F)(F)C(F)F)c(Cl)cc2Cl)C1=O. The Kier molecular flexibility index (Phi) is 6.10. The van der Waals surface area contributed by atoms with Crippen molar-refractivity contribution in [3.05, 3.63) is 34.5 Å². The Morgan fingerprint density at radius 3 is 2.44 bits per heavy atom. The molecule has 2 N–H and O–H groups in total. The topological polar surface area (TPSA) is 75.9 Å². The molecule has 6 nitrogen and oxygen atoms in total. The van der Waals surface area contributed by atoms with Crippen LogP contribution in [-0.4, -0.2) is 42.5 Å². The van der Waals surface area contributed by atoms with E-state index in [9.17, 15) is 27.2 Å². The number of halogens is 6. The molecule has 2 rings (SSSR count).